The quantitative estimate of drug-likeness (QED) is 0.163. The molecule has 0 aliphatic heterocycles. The molecule has 3 unspecified atom stereocenters. The summed E-state index contributed by atoms with van der Waals surface area (Å²) in [4.78, 5) is 24.5. The van der Waals surface area contributed by atoms with Gasteiger partial charge in [0.2, 0.25) is 0 Å². The zero-order valence-electron chi connectivity index (χ0n) is 29.0. The molecule has 44 heavy (non-hydrogen) atoms. The lowest BCUT2D eigenvalue weighted by Gasteiger charge is -2.34. The number of allylic oxidation sites excluding steroid dienone is 14. The minimum atomic E-state index is -0.886. The number of rotatable bonds is 13. The van der Waals surface area contributed by atoms with Crippen LogP contribution in [-0.4, -0.2) is 34.0 Å². The fourth-order valence-corrected chi connectivity index (χ4v) is 6.17. The predicted molar refractivity (Wildman–Crippen MR) is 185 cm³/mol. The van der Waals surface area contributed by atoms with Crippen molar-refractivity contribution in [2.45, 2.75) is 114 Å². The Bertz CT molecular complexity index is 1270. The van der Waals surface area contributed by atoms with Crippen LogP contribution in [0.1, 0.15) is 101 Å². The molecule has 0 saturated carbocycles. The van der Waals surface area contributed by atoms with Crippen LogP contribution >= 0.6 is 0 Å². The minimum Gasteiger partial charge on any atom is -0.385 e. The highest BCUT2D eigenvalue weighted by atomic mass is 16.3. The smallest absolute Gasteiger partial charge is 0.187 e. The van der Waals surface area contributed by atoms with E-state index in [-0.39, 0.29) is 22.4 Å². The van der Waals surface area contributed by atoms with Crippen molar-refractivity contribution < 1.29 is 19.8 Å². The van der Waals surface area contributed by atoms with Gasteiger partial charge >= 0.3 is 0 Å². The molecule has 2 aliphatic carbocycles. The van der Waals surface area contributed by atoms with Gasteiger partial charge < -0.3 is 10.2 Å². The number of carbonyl (C=O) groups is 2. The first-order valence-corrected chi connectivity index (χ1v) is 16.4. The van der Waals surface area contributed by atoms with Crippen molar-refractivity contribution in [1.29, 1.82) is 0 Å². The SMILES string of the molecule is CC1=C(/C=C/C(C)C/C=C/C(C)=C/C=C/CC(C)/C=C/CC(C)/C=C/C2=C(C)C(=O)[C@@H](O)CC2(C)C)C(C)(C)C[C@H](O)C1=O. The summed E-state index contributed by atoms with van der Waals surface area (Å²) in [6.45, 7) is 20.7. The van der Waals surface area contributed by atoms with Gasteiger partial charge in [-0.3, -0.25) is 9.59 Å². The third kappa shape index (κ3) is 11.0. The second-order valence-electron chi connectivity index (χ2n) is 14.5. The molecule has 0 aromatic rings. The van der Waals surface area contributed by atoms with Crippen LogP contribution in [0.3, 0.4) is 0 Å². The van der Waals surface area contributed by atoms with Gasteiger partial charge in [-0.2, -0.15) is 0 Å². The zero-order chi connectivity index (χ0) is 33.2. The van der Waals surface area contributed by atoms with Gasteiger partial charge in [0.1, 0.15) is 12.2 Å². The van der Waals surface area contributed by atoms with E-state index in [1.165, 1.54) is 5.57 Å². The molecule has 4 heteroatoms. The normalized spacial score (nSPS) is 25.5. The molecule has 242 valence electrons. The number of hydrogen-bond acceptors (Lipinski definition) is 4. The van der Waals surface area contributed by atoms with E-state index in [9.17, 15) is 19.8 Å². The number of Topliss-reactive ketones (excluding diaryl/α,β-unsaturated/α-hetero) is 2. The second-order valence-corrected chi connectivity index (χ2v) is 14.5. The van der Waals surface area contributed by atoms with Crippen LogP contribution in [0.5, 0.6) is 0 Å². The molecule has 0 bridgehead atoms. The third-order valence-electron chi connectivity index (χ3n) is 9.07. The van der Waals surface area contributed by atoms with E-state index in [0.29, 0.717) is 41.7 Å². The molecular weight excluding hydrogens is 544 g/mol. The summed E-state index contributed by atoms with van der Waals surface area (Å²) in [5.74, 6) is 0.863. The van der Waals surface area contributed by atoms with Crippen molar-refractivity contribution >= 4 is 11.6 Å². The summed E-state index contributed by atoms with van der Waals surface area (Å²) in [5.41, 5.74) is 4.23. The molecule has 0 aromatic heterocycles. The molecule has 2 rings (SSSR count). The van der Waals surface area contributed by atoms with Gasteiger partial charge in [0, 0.05) is 0 Å². The number of carbonyl (C=O) groups excluding carboxylic acids is 2. The molecule has 0 fully saturated rings. The average Bonchev–Trinajstić information content (AvgIpc) is 2.92. The molecule has 2 N–H and O–H groups in total. The molecule has 5 atom stereocenters. The van der Waals surface area contributed by atoms with E-state index in [1.54, 1.807) is 0 Å². The maximum absolute atomic E-state index is 12.3. The summed E-state index contributed by atoms with van der Waals surface area (Å²) < 4.78 is 0. The van der Waals surface area contributed by atoms with Crippen molar-refractivity contribution in [2.75, 3.05) is 0 Å². The Morgan fingerprint density at radius 1 is 0.727 bits per heavy atom. The van der Waals surface area contributed by atoms with Gasteiger partial charge in [-0.05, 0) is 104 Å². The molecule has 4 nitrogen and oxygen atoms in total. The van der Waals surface area contributed by atoms with Crippen molar-refractivity contribution in [3.8, 4) is 0 Å². The molecule has 0 heterocycles. The highest BCUT2D eigenvalue weighted by Gasteiger charge is 2.37. The maximum atomic E-state index is 12.3. The van der Waals surface area contributed by atoms with Crippen LogP contribution in [0.4, 0.5) is 0 Å². The highest BCUT2D eigenvalue weighted by molar-refractivity contribution is 6.01. The zero-order valence-corrected chi connectivity index (χ0v) is 29.0. The lowest BCUT2D eigenvalue weighted by molar-refractivity contribution is -0.126. The fourth-order valence-electron chi connectivity index (χ4n) is 6.17. The molecule has 0 spiro atoms. The average molecular weight is 603 g/mol. The predicted octanol–water partition coefficient (Wildman–Crippen LogP) is 9.15. The van der Waals surface area contributed by atoms with Crippen molar-refractivity contribution in [1.82, 2.24) is 0 Å². The Morgan fingerprint density at radius 3 is 1.61 bits per heavy atom. The molecule has 0 amide bonds. The Kier molecular flexibility index (Phi) is 14.0. The van der Waals surface area contributed by atoms with Gasteiger partial charge in [0.05, 0.1) is 0 Å². The Hall–Kier alpha value is -2.82. The van der Waals surface area contributed by atoms with E-state index < -0.39 is 12.2 Å². The lowest BCUT2D eigenvalue weighted by Crippen LogP contribution is -2.35. The van der Waals surface area contributed by atoms with Crippen molar-refractivity contribution in [3.63, 3.8) is 0 Å². The monoisotopic (exact) mass is 602 g/mol. The van der Waals surface area contributed by atoms with Crippen LogP contribution in [0.25, 0.3) is 0 Å². The summed E-state index contributed by atoms with van der Waals surface area (Å²) in [5, 5.41) is 20.1. The fraction of sp³-hybridized carbons (Fsp3) is 0.550. The van der Waals surface area contributed by atoms with Crippen LogP contribution in [0.15, 0.2) is 94.7 Å². The number of hydrogen-bond donors (Lipinski definition) is 2. The summed E-state index contributed by atoms with van der Waals surface area (Å²) >= 11 is 0. The maximum Gasteiger partial charge on any atom is 0.187 e. The topological polar surface area (TPSA) is 74.6 Å². The minimum absolute atomic E-state index is 0.145. The molecule has 0 aromatic carbocycles. The summed E-state index contributed by atoms with van der Waals surface area (Å²) in [6, 6.07) is 0. The van der Waals surface area contributed by atoms with E-state index in [2.05, 4.69) is 122 Å². The third-order valence-corrected chi connectivity index (χ3v) is 9.07. The lowest BCUT2D eigenvalue weighted by atomic mass is 9.71. The van der Waals surface area contributed by atoms with Gasteiger partial charge in [-0.25, -0.2) is 0 Å². The van der Waals surface area contributed by atoms with Crippen molar-refractivity contribution in [2.24, 2.45) is 28.6 Å². The van der Waals surface area contributed by atoms with Crippen LogP contribution in [0, 0.1) is 28.6 Å². The Labute approximate surface area is 267 Å². The Morgan fingerprint density at radius 2 is 1.14 bits per heavy atom. The second kappa shape index (κ2) is 16.5. The first kappa shape index (κ1) is 37.4. The van der Waals surface area contributed by atoms with Gasteiger partial charge in [-0.15, -0.1) is 0 Å². The van der Waals surface area contributed by atoms with Gasteiger partial charge in [0.15, 0.2) is 11.6 Å². The standard InChI is InChI=1S/C40H58O4/c1-27(17-13-19-29(3)21-23-33-31(5)37(43)35(41)25-39(33,7)8)15-11-12-16-28(2)18-14-20-30(4)22-24-34-32(6)38(44)36(42)26-40(34,9)10/h11-15,17-18,21-24,28-30,35-36,41-42H,16,19-20,25-26H2,1-10H3/b12-11+,17-13+,18-14+,23-21+,24-22+,27-15+/t28?,29?,30?,35-,36-/m0/s1. The van der Waals surface area contributed by atoms with Crippen LogP contribution in [-0.2, 0) is 9.59 Å². The Balaban J connectivity index is 1.79. The number of aliphatic hydroxyl groups is 2. The van der Waals surface area contributed by atoms with E-state index in [4.69, 9.17) is 0 Å². The molecular formula is C40H58O4. The largest absolute Gasteiger partial charge is 0.385 e. The number of ketones is 2. The molecule has 0 saturated heterocycles. The van der Waals surface area contributed by atoms with Gasteiger partial charge in [-0.1, -0.05) is 121 Å². The van der Waals surface area contributed by atoms with E-state index in [1.807, 2.05) is 13.8 Å². The molecule has 2 aliphatic rings. The first-order valence-electron chi connectivity index (χ1n) is 16.4. The van der Waals surface area contributed by atoms with E-state index >= 15 is 0 Å². The summed E-state index contributed by atoms with van der Waals surface area (Å²) in [7, 11) is 0. The summed E-state index contributed by atoms with van der Waals surface area (Å²) in [6.07, 6.45) is 25.9. The number of aliphatic hydroxyl groups excluding tert-OH is 2. The highest BCUT2D eigenvalue weighted by Crippen LogP contribution is 2.41. The van der Waals surface area contributed by atoms with Crippen LogP contribution < -0.4 is 0 Å². The van der Waals surface area contributed by atoms with Crippen LogP contribution in [0.2, 0.25) is 0 Å². The van der Waals surface area contributed by atoms with E-state index in [0.717, 1.165) is 30.4 Å². The first-order chi connectivity index (χ1) is 20.5. The molecule has 0 radical (unpaired) electrons. The van der Waals surface area contributed by atoms with Gasteiger partial charge in [0.25, 0.3) is 0 Å². The van der Waals surface area contributed by atoms with Crippen molar-refractivity contribution in [3.05, 3.63) is 94.7 Å².